The number of hydroxylamine groups is 2. The van der Waals surface area contributed by atoms with Gasteiger partial charge < -0.3 is 19.8 Å². The first-order chi connectivity index (χ1) is 28.8. The Kier molecular flexibility index (Phi) is 13.0. The quantitative estimate of drug-likeness (QED) is 0.0428. The third-order valence-corrected chi connectivity index (χ3v) is 11.8. The number of amides is 2. The molecule has 2 atom stereocenters. The molecule has 1 fully saturated rings. The summed E-state index contributed by atoms with van der Waals surface area (Å²) in [5.74, 6) is -0.333. The van der Waals surface area contributed by atoms with Crippen LogP contribution in [0.1, 0.15) is 66.6 Å². The molecule has 9 nitrogen and oxygen atoms in total. The molecule has 5 aromatic carbocycles. The van der Waals surface area contributed by atoms with Gasteiger partial charge in [-0.15, -0.1) is 5.01 Å². The smallest absolute Gasteiger partial charge is 0.537 e. The Bertz CT molecular complexity index is 2180. The number of nitrogens with one attached hydrogen (secondary N) is 1. The molecule has 1 heterocycles. The third-order valence-electron chi connectivity index (χ3n) is 11.8. The molecular formula is C50H53N5O4. The maximum Gasteiger partial charge on any atom is 0.537 e. The first-order valence-electron chi connectivity index (χ1n) is 20.5. The van der Waals surface area contributed by atoms with Gasteiger partial charge in [0.1, 0.15) is 24.7 Å². The van der Waals surface area contributed by atoms with Crippen LogP contribution in [0.15, 0.2) is 176 Å². The predicted octanol–water partition coefficient (Wildman–Crippen LogP) is 9.34. The van der Waals surface area contributed by atoms with Crippen LogP contribution in [0.5, 0.6) is 0 Å². The van der Waals surface area contributed by atoms with Crippen molar-refractivity contribution in [1.29, 1.82) is 0 Å². The monoisotopic (exact) mass is 787 g/mol. The molecule has 1 aliphatic rings. The number of imidazole rings is 1. The summed E-state index contributed by atoms with van der Waals surface area (Å²) in [5, 5.41) is 20.1. The SMILES string of the molecule is CC=CCN(CC(=O)NCC1(c2ccccc2)CCC1)[N+]([O-])(C(=O)OCc1ccccc1)C(C)Cc1cn(C(c2ccccc2)(c2ccccc2)c2ccccc2)cn1. The number of allylic oxidation sites excluding steroid dienone is 1. The van der Waals surface area contributed by atoms with E-state index in [0.717, 1.165) is 41.5 Å². The zero-order valence-electron chi connectivity index (χ0n) is 33.9. The van der Waals surface area contributed by atoms with Crippen molar-refractivity contribution in [2.75, 3.05) is 19.6 Å². The molecule has 9 heteroatoms. The van der Waals surface area contributed by atoms with Crippen LogP contribution in [0, 0.1) is 5.21 Å². The van der Waals surface area contributed by atoms with E-state index in [-0.39, 0.29) is 37.4 Å². The van der Waals surface area contributed by atoms with E-state index in [2.05, 4.69) is 58.4 Å². The second-order valence-electron chi connectivity index (χ2n) is 15.5. The molecule has 1 N–H and O–H groups in total. The molecule has 1 saturated carbocycles. The lowest BCUT2D eigenvalue weighted by molar-refractivity contribution is -0.947. The van der Waals surface area contributed by atoms with Crippen LogP contribution in [0.2, 0.25) is 0 Å². The number of aromatic nitrogens is 2. The number of hydrogen-bond acceptors (Lipinski definition) is 6. The van der Waals surface area contributed by atoms with Crippen molar-refractivity contribution < 1.29 is 19.1 Å². The molecule has 1 aliphatic carbocycles. The molecule has 0 spiro atoms. The normalized spacial score (nSPS) is 15.3. The van der Waals surface area contributed by atoms with Gasteiger partial charge in [0.25, 0.3) is 0 Å². The van der Waals surface area contributed by atoms with Crippen molar-refractivity contribution in [3.05, 3.63) is 215 Å². The van der Waals surface area contributed by atoms with Crippen molar-refractivity contribution in [2.24, 2.45) is 0 Å². The van der Waals surface area contributed by atoms with Crippen molar-refractivity contribution in [3.63, 3.8) is 0 Å². The lowest BCUT2D eigenvalue weighted by atomic mass is 9.64. The molecule has 302 valence electrons. The minimum atomic E-state index is -1.51. The second-order valence-corrected chi connectivity index (χ2v) is 15.5. The Morgan fingerprint density at radius 2 is 1.37 bits per heavy atom. The molecule has 1 aromatic heterocycles. The summed E-state index contributed by atoms with van der Waals surface area (Å²) in [5.41, 5.74) is 4.71. The zero-order valence-corrected chi connectivity index (χ0v) is 33.9. The Labute approximate surface area is 347 Å². The maximum absolute atomic E-state index is 15.6. The van der Waals surface area contributed by atoms with Gasteiger partial charge >= 0.3 is 6.09 Å². The Hall–Kier alpha value is -6.13. The van der Waals surface area contributed by atoms with Crippen molar-refractivity contribution >= 4 is 12.0 Å². The first-order valence-corrected chi connectivity index (χ1v) is 20.5. The van der Waals surface area contributed by atoms with Crippen LogP contribution in [-0.2, 0) is 33.5 Å². The average molecular weight is 788 g/mol. The number of carbonyl (C=O) groups excluding carboxylic acids is 2. The summed E-state index contributed by atoms with van der Waals surface area (Å²) in [7, 11) is 0. The molecule has 7 rings (SSSR count). The predicted molar refractivity (Wildman–Crippen MR) is 232 cm³/mol. The number of hydrogen-bond donors (Lipinski definition) is 1. The largest absolute Gasteiger partial charge is 0.601 e. The summed E-state index contributed by atoms with van der Waals surface area (Å²) in [6.07, 6.45) is 9.52. The number of ether oxygens (including phenoxy) is 1. The van der Waals surface area contributed by atoms with E-state index in [4.69, 9.17) is 9.72 Å². The molecule has 2 amide bonds. The van der Waals surface area contributed by atoms with Gasteiger partial charge in [0.2, 0.25) is 5.91 Å². The van der Waals surface area contributed by atoms with Crippen LogP contribution in [0.3, 0.4) is 0 Å². The van der Waals surface area contributed by atoms with Crippen LogP contribution in [0.4, 0.5) is 4.79 Å². The Balaban J connectivity index is 1.22. The van der Waals surface area contributed by atoms with E-state index in [1.807, 2.05) is 122 Å². The third kappa shape index (κ3) is 8.69. The zero-order chi connectivity index (χ0) is 41.1. The Morgan fingerprint density at radius 3 is 1.88 bits per heavy atom. The summed E-state index contributed by atoms with van der Waals surface area (Å²) in [6.45, 7) is 3.69. The van der Waals surface area contributed by atoms with Gasteiger partial charge in [-0.3, -0.25) is 4.79 Å². The fourth-order valence-electron chi connectivity index (χ4n) is 8.42. The van der Waals surface area contributed by atoms with E-state index in [9.17, 15) is 9.59 Å². The van der Waals surface area contributed by atoms with Crippen molar-refractivity contribution in [1.82, 2.24) is 19.9 Å². The summed E-state index contributed by atoms with van der Waals surface area (Å²) < 4.78 is 6.41. The minimum absolute atomic E-state index is 0.0512. The average Bonchev–Trinajstić information content (AvgIpc) is 3.74. The number of benzene rings is 5. The van der Waals surface area contributed by atoms with Gasteiger partial charge in [-0.25, -0.2) is 4.98 Å². The molecule has 0 aliphatic heterocycles. The van der Waals surface area contributed by atoms with Crippen molar-refractivity contribution in [2.45, 2.75) is 63.1 Å². The summed E-state index contributed by atoms with van der Waals surface area (Å²) >= 11 is 0. The van der Waals surface area contributed by atoms with E-state index in [0.29, 0.717) is 12.2 Å². The van der Waals surface area contributed by atoms with Gasteiger partial charge in [-0.2, -0.15) is 9.55 Å². The molecule has 2 unspecified atom stereocenters. The fourth-order valence-corrected chi connectivity index (χ4v) is 8.42. The Morgan fingerprint density at radius 1 is 0.847 bits per heavy atom. The first kappa shape index (κ1) is 41.0. The summed E-state index contributed by atoms with van der Waals surface area (Å²) in [4.78, 5) is 33.1. The van der Waals surface area contributed by atoms with E-state index in [1.54, 1.807) is 19.3 Å². The van der Waals surface area contributed by atoms with Gasteiger partial charge in [0, 0.05) is 24.6 Å². The highest BCUT2D eigenvalue weighted by Crippen LogP contribution is 2.43. The molecule has 59 heavy (non-hydrogen) atoms. The molecule has 0 radical (unpaired) electrons. The fraction of sp³-hybridized carbons (Fsp3) is 0.260. The standard InChI is InChI=1S/C50H53N5O4/c1-3-4-33-54(36-47(56)51-38-49(31-20-32-49)42-23-12-6-13-24-42)55(58,48(57)59-37-41-21-10-5-11-22-41)40(2)34-46-35-53(39-52-46)50(43-25-14-7-15-26-43,44-27-16-8-17-28-44)45-29-18-9-19-30-45/h3-19,21-30,35,39-40H,20,31-34,36-38H2,1-2H3,(H,51,56). The minimum Gasteiger partial charge on any atom is -0.601 e. The number of carbonyl (C=O) groups is 2. The molecular weight excluding hydrogens is 735 g/mol. The number of nitrogens with zero attached hydrogens (tertiary/aromatic N) is 4. The van der Waals surface area contributed by atoms with Gasteiger partial charge in [0.05, 0.1) is 18.6 Å². The highest BCUT2D eigenvalue weighted by Gasteiger charge is 2.45. The molecule has 0 bridgehead atoms. The van der Waals surface area contributed by atoms with E-state index < -0.39 is 22.4 Å². The van der Waals surface area contributed by atoms with Crippen molar-refractivity contribution in [3.8, 4) is 0 Å². The molecule has 6 aromatic rings. The number of rotatable bonds is 17. The lowest BCUT2D eigenvalue weighted by Crippen LogP contribution is -2.66. The maximum atomic E-state index is 15.6. The number of quaternary nitrogens is 1. The molecule has 0 saturated heterocycles. The van der Waals surface area contributed by atoms with Gasteiger partial charge in [0.15, 0.2) is 0 Å². The van der Waals surface area contributed by atoms with E-state index >= 15 is 5.21 Å². The highest BCUT2D eigenvalue weighted by molar-refractivity contribution is 5.78. The van der Waals surface area contributed by atoms with Crippen LogP contribution >= 0.6 is 0 Å². The second kappa shape index (κ2) is 18.6. The topological polar surface area (TPSA) is 99.5 Å². The van der Waals surface area contributed by atoms with Crippen LogP contribution < -0.4 is 5.32 Å². The van der Waals surface area contributed by atoms with Crippen LogP contribution in [-0.4, -0.2) is 57.0 Å². The highest BCUT2D eigenvalue weighted by atomic mass is 16.7. The van der Waals surface area contributed by atoms with Crippen LogP contribution in [0.25, 0.3) is 0 Å². The lowest BCUT2D eigenvalue weighted by Gasteiger charge is -2.48. The van der Waals surface area contributed by atoms with E-state index in [1.165, 1.54) is 10.6 Å². The van der Waals surface area contributed by atoms with Gasteiger partial charge in [-0.05, 0) is 54.5 Å². The van der Waals surface area contributed by atoms with Gasteiger partial charge in [-0.1, -0.05) is 170 Å². The summed E-state index contributed by atoms with van der Waals surface area (Å²) in [6, 6.07) is 49.5.